The van der Waals surface area contributed by atoms with E-state index in [1.165, 1.54) is 21.8 Å². The van der Waals surface area contributed by atoms with Crippen LogP contribution in [0.25, 0.3) is 44.1 Å². The van der Waals surface area contributed by atoms with Crippen molar-refractivity contribution in [2.75, 3.05) is 52.6 Å². The zero-order valence-electron chi connectivity index (χ0n) is 28.2. The van der Waals surface area contributed by atoms with Gasteiger partial charge in [0.2, 0.25) is 0 Å². The highest BCUT2D eigenvalue weighted by molar-refractivity contribution is 6.10. The average Bonchev–Trinajstić information content (AvgIpc) is 3.42. The summed E-state index contributed by atoms with van der Waals surface area (Å²) < 4.78 is 26.7. The molecule has 5 aromatic rings. The quantitative estimate of drug-likeness (QED) is 0.0702. The Balaban J connectivity index is 1.52. The van der Waals surface area contributed by atoms with E-state index >= 15 is 0 Å². The molecule has 0 saturated heterocycles. The second-order valence-electron chi connectivity index (χ2n) is 11.9. The van der Waals surface area contributed by atoms with Crippen LogP contribution in [0.4, 0.5) is 0 Å². The molecule has 0 amide bonds. The van der Waals surface area contributed by atoms with Crippen LogP contribution in [0.15, 0.2) is 72.8 Å². The maximum absolute atomic E-state index is 6.13. The van der Waals surface area contributed by atoms with Crippen LogP contribution < -0.4 is 41.9 Å². The van der Waals surface area contributed by atoms with Gasteiger partial charge in [-0.1, -0.05) is 18.2 Å². The van der Waals surface area contributed by atoms with Crippen LogP contribution in [-0.2, 0) is 6.54 Å². The SMILES string of the molecule is CCn1c2ccc(-c3cc(OCCCN)cc(OCCCCN)c3)cc2c2ccc(-c3cc(OCCCN)cc(OCCCN)c3)cc21. The maximum Gasteiger partial charge on any atom is 0.123 e. The Hall–Kier alpha value is -4.28. The Kier molecular flexibility index (Phi) is 13.0. The molecular formula is C39H51N5O4. The van der Waals surface area contributed by atoms with Crippen LogP contribution in [-0.4, -0.2) is 57.2 Å². The molecule has 8 N–H and O–H groups in total. The summed E-state index contributed by atoms with van der Waals surface area (Å²) >= 11 is 0. The molecule has 0 aliphatic heterocycles. The number of fused-ring (bicyclic) bond motifs is 3. The van der Waals surface area contributed by atoms with E-state index < -0.39 is 0 Å². The largest absolute Gasteiger partial charge is 0.493 e. The van der Waals surface area contributed by atoms with E-state index in [2.05, 4.69) is 72.2 Å². The lowest BCUT2D eigenvalue weighted by atomic mass is 10.0. The molecule has 256 valence electrons. The number of benzene rings is 4. The summed E-state index contributed by atoms with van der Waals surface area (Å²) in [5, 5.41) is 2.39. The van der Waals surface area contributed by atoms with Crippen LogP contribution >= 0.6 is 0 Å². The van der Waals surface area contributed by atoms with E-state index in [1.54, 1.807) is 0 Å². The van der Waals surface area contributed by atoms with Gasteiger partial charge in [-0.2, -0.15) is 0 Å². The number of hydrogen-bond donors (Lipinski definition) is 4. The second-order valence-corrected chi connectivity index (χ2v) is 11.9. The number of unbranched alkanes of at least 4 members (excludes halogenated alkanes) is 1. The molecule has 9 nitrogen and oxygen atoms in total. The molecule has 0 radical (unpaired) electrons. The average molecular weight is 654 g/mol. The predicted octanol–water partition coefficient (Wildman–Crippen LogP) is 6.45. The Morgan fingerprint density at radius 2 is 0.896 bits per heavy atom. The number of hydrogen-bond acceptors (Lipinski definition) is 8. The summed E-state index contributed by atoms with van der Waals surface area (Å²) in [6.45, 7) is 7.70. The van der Waals surface area contributed by atoms with Crippen LogP contribution in [0.2, 0.25) is 0 Å². The maximum atomic E-state index is 6.13. The molecular weight excluding hydrogens is 602 g/mol. The van der Waals surface area contributed by atoms with Crippen LogP contribution in [0.5, 0.6) is 23.0 Å². The Labute approximate surface area is 284 Å². The lowest BCUT2D eigenvalue weighted by Crippen LogP contribution is -2.07. The van der Waals surface area contributed by atoms with Gasteiger partial charge in [-0.05, 0) is 130 Å². The molecule has 9 heteroatoms. The first kappa shape index (κ1) is 35.0. The third kappa shape index (κ3) is 8.79. The topological polar surface area (TPSA) is 146 Å². The van der Waals surface area contributed by atoms with Gasteiger partial charge in [-0.15, -0.1) is 0 Å². The van der Waals surface area contributed by atoms with Gasteiger partial charge in [0.1, 0.15) is 23.0 Å². The van der Waals surface area contributed by atoms with E-state index in [1.807, 2.05) is 12.1 Å². The van der Waals surface area contributed by atoms with Gasteiger partial charge in [0.25, 0.3) is 0 Å². The lowest BCUT2D eigenvalue weighted by Gasteiger charge is -2.13. The predicted molar refractivity (Wildman–Crippen MR) is 197 cm³/mol. The molecule has 0 saturated carbocycles. The molecule has 48 heavy (non-hydrogen) atoms. The third-order valence-electron chi connectivity index (χ3n) is 8.33. The second kappa shape index (κ2) is 17.8. The zero-order chi connectivity index (χ0) is 33.7. The fraction of sp³-hybridized carbons (Fsp3) is 0.385. The zero-order valence-corrected chi connectivity index (χ0v) is 28.2. The van der Waals surface area contributed by atoms with Crippen molar-refractivity contribution < 1.29 is 18.9 Å². The van der Waals surface area contributed by atoms with Gasteiger partial charge in [0.05, 0.1) is 26.4 Å². The van der Waals surface area contributed by atoms with E-state index in [0.29, 0.717) is 52.6 Å². The molecule has 0 aliphatic rings. The summed E-state index contributed by atoms with van der Waals surface area (Å²) in [4.78, 5) is 0. The first-order valence-electron chi connectivity index (χ1n) is 17.3. The summed E-state index contributed by atoms with van der Waals surface area (Å²) in [6, 6.07) is 25.5. The van der Waals surface area contributed by atoms with Crippen molar-refractivity contribution in [2.24, 2.45) is 22.9 Å². The standard InChI is InChI=1S/C39H51N5O4/c1-2-44-38-11-9-28(30-20-32(45-16-4-3-12-40)26-33(21-30)46-17-5-13-41)24-37(38)36-10-8-29(25-39(36)44)31-22-34(47-18-6-14-42)27-35(23-31)48-19-7-15-43/h8-11,20-27H,2-7,12-19,40-43H2,1H3. The summed E-state index contributed by atoms with van der Waals surface area (Å²) in [5.41, 5.74) is 29.4. The van der Waals surface area contributed by atoms with Crippen molar-refractivity contribution >= 4 is 21.8 Å². The number of nitrogens with two attached hydrogens (primary N) is 4. The first-order chi connectivity index (χ1) is 23.6. The molecule has 1 aromatic heterocycles. The Morgan fingerprint density at radius 3 is 1.38 bits per heavy atom. The van der Waals surface area contributed by atoms with Crippen molar-refractivity contribution in [3.63, 3.8) is 0 Å². The Morgan fingerprint density at radius 1 is 0.438 bits per heavy atom. The molecule has 0 spiro atoms. The molecule has 1 heterocycles. The molecule has 0 aliphatic carbocycles. The molecule has 0 fully saturated rings. The van der Waals surface area contributed by atoms with Crippen molar-refractivity contribution in [2.45, 2.75) is 45.6 Å². The molecule has 0 bridgehead atoms. The van der Waals surface area contributed by atoms with E-state index in [-0.39, 0.29) is 0 Å². The first-order valence-corrected chi connectivity index (χ1v) is 17.3. The lowest BCUT2D eigenvalue weighted by molar-refractivity contribution is 0.295. The Bertz CT molecular complexity index is 1740. The smallest absolute Gasteiger partial charge is 0.123 e. The van der Waals surface area contributed by atoms with Gasteiger partial charge < -0.3 is 46.4 Å². The highest BCUT2D eigenvalue weighted by Gasteiger charge is 2.15. The van der Waals surface area contributed by atoms with Gasteiger partial charge >= 0.3 is 0 Å². The fourth-order valence-corrected chi connectivity index (χ4v) is 5.87. The van der Waals surface area contributed by atoms with Crippen molar-refractivity contribution in [1.29, 1.82) is 0 Å². The highest BCUT2D eigenvalue weighted by atomic mass is 16.5. The number of aryl methyl sites for hydroxylation is 1. The minimum Gasteiger partial charge on any atom is -0.493 e. The minimum absolute atomic E-state index is 0.554. The molecule has 4 aromatic carbocycles. The van der Waals surface area contributed by atoms with Crippen molar-refractivity contribution in [1.82, 2.24) is 4.57 Å². The monoisotopic (exact) mass is 653 g/mol. The number of nitrogens with zero attached hydrogens (tertiary/aromatic N) is 1. The van der Waals surface area contributed by atoms with Crippen molar-refractivity contribution in [3.8, 4) is 45.3 Å². The summed E-state index contributed by atoms with van der Waals surface area (Å²) in [6.07, 6.45) is 4.19. The summed E-state index contributed by atoms with van der Waals surface area (Å²) in [7, 11) is 0. The molecule has 0 atom stereocenters. The molecule has 5 rings (SSSR count). The summed E-state index contributed by atoms with van der Waals surface area (Å²) in [5.74, 6) is 3.09. The van der Waals surface area contributed by atoms with Gasteiger partial charge in [-0.25, -0.2) is 0 Å². The van der Waals surface area contributed by atoms with Gasteiger partial charge in [0, 0.05) is 40.5 Å². The number of aromatic nitrogens is 1. The van der Waals surface area contributed by atoms with Crippen LogP contribution in [0.3, 0.4) is 0 Å². The van der Waals surface area contributed by atoms with Gasteiger partial charge in [0.15, 0.2) is 0 Å². The highest BCUT2D eigenvalue weighted by Crippen LogP contribution is 2.38. The fourth-order valence-electron chi connectivity index (χ4n) is 5.87. The van der Waals surface area contributed by atoms with E-state index in [0.717, 1.165) is 83.9 Å². The number of ether oxygens (including phenoxy) is 4. The van der Waals surface area contributed by atoms with Crippen LogP contribution in [0.1, 0.15) is 39.0 Å². The normalized spacial score (nSPS) is 11.4. The number of rotatable bonds is 20. The van der Waals surface area contributed by atoms with E-state index in [4.69, 9.17) is 41.9 Å². The van der Waals surface area contributed by atoms with E-state index in [9.17, 15) is 0 Å². The van der Waals surface area contributed by atoms with Gasteiger partial charge in [-0.3, -0.25) is 0 Å². The third-order valence-corrected chi connectivity index (χ3v) is 8.33. The minimum atomic E-state index is 0.554. The van der Waals surface area contributed by atoms with Crippen LogP contribution in [0, 0.1) is 0 Å². The van der Waals surface area contributed by atoms with Crippen molar-refractivity contribution in [3.05, 3.63) is 72.8 Å². The molecule has 0 unspecified atom stereocenters.